The van der Waals surface area contributed by atoms with Crippen LogP contribution in [0, 0.1) is 23.0 Å². The monoisotopic (exact) mass is 492 g/mol. The molecule has 0 radical (unpaired) electrons. The largest absolute Gasteiger partial charge is 0.494 e. The Bertz CT molecular complexity index is 1440. The van der Waals surface area contributed by atoms with Crippen LogP contribution < -0.4 is 9.47 Å². The fourth-order valence-electron chi connectivity index (χ4n) is 4.77. The summed E-state index contributed by atoms with van der Waals surface area (Å²) < 4.78 is 42.0. The van der Waals surface area contributed by atoms with Crippen molar-refractivity contribution in [2.75, 3.05) is 34.4 Å². The van der Waals surface area contributed by atoms with Gasteiger partial charge in [-0.2, -0.15) is 10.4 Å². The fourth-order valence-corrected chi connectivity index (χ4v) is 4.77. The molecule has 5 rings (SSSR count). The predicted molar refractivity (Wildman–Crippen MR) is 130 cm³/mol. The Balaban J connectivity index is 1.53. The van der Waals surface area contributed by atoms with Crippen LogP contribution in [0.25, 0.3) is 22.2 Å². The zero-order chi connectivity index (χ0) is 25.4. The molecule has 10 heteroatoms. The number of halogens is 2. The molecular weight excluding hydrogens is 466 g/mol. The highest BCUT2D eigenvalue weighted by atomic mass is 19.1. The van der Waals surface area contributed by atoms with Gasteiger partial charge in [-0.25, -0.2) is 13.8 Å². The maximum atomic E-state index is 15.0. The number of hydrogen-bond donors (Lipinski definition) is 1. The molecule has 4 heterocycles. The van der Waals surface area contributed by atoms with Gasteiger partial charge < -0.3 is 19.4 Å². The van der Waals surface area contributed by atoms with Crippen molar-refractivity contribution < 1.29 is 18.3 Å². The molecule has 1 fully saturated rings. The van der Waals surface area contributed by atoms with Crippen LogP contribution in [0.2, 0.25) is 0 Å². The average Bonchev–Trinajstić information content (AvgIpc) is 3.51. The Morgan fingerprint density at radius 2 is 1.83 bits per heavy atom. The minimum absolute atomic E-state index is 0.0453. The Hall–Kier alpha value is -3.97. The third-order valence-corrected chi connectivity index (χ3v) is 6.86. The van der Waals surface area contributed by atoms with E-state index in [9.17, 15) is 14.0 Å². The van der Waals surface area contributed by atoms with Crippen molar-refractivity contribution in [3.63, 3.8) is 0 Å². The number of methoxy groups -OCH3 is 2. The van der Waals surface area contributed by atoms with Gasteiger partial charge in [0.25, 0.3) is 0 Å². The number of aromatic amines is 1. The van der Waals surface area contributed by atoms with Gasteiger partial charge >= 0.3 is 0 Å². The van der Waals surface area contributed by atoms with Crippen LogP contribution in [0.1, 0.15) is 35.7 Å². The first-order valence-corrected chi connectivity index (χ1v) is 11.7. The van der Waals surface area contributed by atoms with Crippen molar-refractivity contribution >= 4 is 11.0 Å². The van der Waals surface area contributed by atoms with Gasteiger partial charge in [0.2, 0.25) is 0 Å². The number of ether oxygens (including phenoxy) is 2. The standard InChI is InChI=1S/C26H26F2N6O2/c1-33-6-4-17(5-7-33)34-14-20(21(11-29)32-34)16-8-18-15(12-30-26(18)31-13-16)9-19-24(27)22(35-2)10-23(36-3)25(19)28/h8,10,12-14,17H,4-7,9H2,1-3H3,(H,30,31). The number of piperidine rings is 1. The molecule has 1 aliphatic heterocycles. The van der Waals surface area contributed by atoms with Crippen LogP contribution in [0.5, 0.6) is 11.5 Å². The summed E-state index contributed by atoms with van der Waals surface area (Å²) in [5, 5.41) is 15.0. The van der Waals surface area contributed by atoms with Gasteiger partial charge in [0, 0.05) is 53.2 Å². The van der Waals surface area contributed by atoms with Crippen molar-refractivity contribution in [2.45, 2.75) is 25.3 Å². The third kappa shape index (κ3) is 4.16. The van der Waals surface area contributed by atoms with E-state index in [-0.39, 0.29) is 29.5 Å². The number of nitrogens with one attached hydrogen (secondary N) is 1. The topological polar surface area (TPSA) is 92.0 Å². The number of hydrogen-bond acceptors (Lipinski definition) is 6. The van der Waals surface area contributed by atoms with Crippen molar-refractivity contribution in [1.82, 2.24) is 24.6 Å². The zero-order valence-electron chi connectivity index (χ0n) is 20.3. The van der Waals surface area contributed by atoms with E-state index < -0.39 is 11.6 Å². The molecule has 0 bridgehead atoms. The summed E-state index contributed by atoms with van der Waals surface area (Å²) in [4.78, 5) is 9.84. The van der Waals surface area contributed by atoms with Gasteiger partial charge in [-0.3, -0.25) is 4.68 Å². The zero-order valence-corrected chi connectivity index (χ0v) is 20.3. The van der Waals surface area contributed by atoms with Gasteiger partial charge in [-0.1, -0.05) is 0 Å². The van der Waals surface area contributed by atoms with Gasteiger partial charge in [0.1, 0.15) is 11.7 Å². The fraction of sp³-hybridized carbons (Fsp3) is 0.346. The van der Waals surface area contributed by atoms with E-state index in [4.69, 9.17) is 9.47 Å². The maximum absolute atomic E-state index is 15.0. The van der Waals surface area contributed by atoms with Crippen molar-refractivity contribution in [2.24, 2.45) is 0 Å². The van der Waals surface area contributed by atoms with E-state index in [1.54, 1.807) is 12.4 Å². The molecule has 0 spiro atoms. The summed E-state index contributed by atoms with van der Waals surface area (Å²) in [6.07, 6.45) is 7.13. The number of rotatable bonds is 6. The summed E-state index contributed by atoms with van der Waals surface area (Å²) in [6.45, 7) is 1.95. The molecule has 8 nitrogen and oxygen atoms in total. The molecule has 0 atom stereocenters. The lowest BCUT2D eigenvalue weighted by atomic mass is 10.0. The van der Waals surface area contributed by atoms with E-state index in [1.165, 1.54) is 20.3 Å². The lowest BCUT2D eigenvalue weighted by molar-refractivity contribution is 0.212. The molecule has 1 aromatic carbocycles. The quantitative estimate of drug-likeness (QED) is 0.428. The average molecular weight is 493 g/mol. The van der Waals surface area contributed by atoms with E-state index in [1.807, 2.05) is 16.9 Å². The first kappa shape index (κ1) is 23.8. The third-order valence-electron chi connectivity index (χ3n) is 6.86. The van der Waals surface area contributed by atoms with Crippen LogP contribution >= 0.6 is 0 Å². The Morgan fingerprint density at radius 1 is 1.14 bits per heavy atom. The van der Waals surface area contributed by atoms with Gasteiger partial charge in [0.05, 0.1) is 20.3 Å². The van der Waals surface area contributed by atoms with Crippen LogP contribution in [0.15, 0.2) is 30.7 Å². The summed E-state index contributed by atoms with van der Waals surface area (Å²) in [7, 11) is 4.74. The molecule has 186 valence electrons. The number of fused-ring (bicyclic) bond motifs is 1. The highest BCUT2D eigenvalue weighted by molar-refractivity contribution is 5.85. The van der Waals surface area contributed by atoms with Crippen LogP contribution in [0.4, 0.5) is 8.78 Å². The Kier molecular flexibility index (Phi) is 6.33. The Labute approximate surface area is 207 Å². The second kappa shape index (κ2) is 9.59. The highest BCUT2D eigenvalue weighted by Gasteiger charge is 2.23. The number of benzene rings is 1. The lowest BCUT2D eigenvalue weighted by Crippen LogP contribution is -2.31. The SMILES string of the molecule is COc1cc(OC)c(F)c(Cc2c[nH]c3ncc(-c4cn(C5CCN(C)CC5)nc4C#N)cc23)c1F. The molecule has 1 saturated heterocycles. The normalized spacial score (nSPS) is 14.8. The van der Waals surface area contributed by atoms with Gasteiger partial charge in [-0.15, -0.1) is 0 Å². The number of nitriles is 1. The number of likely N-dealkylation sites (tertiary alicyclic amines) is 1. The summed E-state index contributed by atoms with van der Waals surface area (Å²) in [6, 6.07) is 5.49. The van der Waals surface area contributed by atoms with Crippen molar-refractivity contribution in [3.8, 4) is 28.7 Å². The molecule has 1 aliphatic rings. The first-order chi connectivity index (χ1) is 17.4. The molecule has 0 amide bonds. The molecule has 1 N–H and O–H groups in total. The van der Waals surface area contributed by atoms with E-state index in [0.717, 1.165) is 25.9 Å². The van der Waals surface area contributed by atoms with E-state index in [2.05, 4.69) is 33.1 Å². The molecule has 0 aliphatic carbocycles. The van der Waals surface area contributed by atoms with Crippen molar-refractivity contribution in [1.29, 1.82) is 5.26 Å². The number of nitrogens with zero attached hydrogens (tertiary/aromatic N) is 5. The second-order valence-corrected chi connectivity index (χ2v) is 9.02. The van der Waals surface area contributed by atoms with Gasteiger partial charge in [-0.05, 0) is 44.6 Å². The Morgan fingerprint density at radius 3 is 2.47 bits per heavy atom. The number of H-pyrrole nitrogens is 1. The first-order valence-electron chi connectivity index (χ1n) is 11.7. The van der Waals surface area contributed by atoms with Crippen molar-refractivity contribution in [3.05, 3.63) is 59.2 Å². The molecule has 36 heavy (non-hydrogen) atoms. The molecule has 0 saturated carbocycles. The molecule has 3 aromatic heterocycles. The smallest absolute Gasteiger partial charge is 0.171 e. The molecular formula is C26H26F2N6O2. The minimum Gasteiger partial charge on any atom is -0.494 e. The molecule has 4 aromatic rings. The van der Waals surface area contributed by atoms with Crippen LogP contribution in [-0.4, -0.2) is 59.0 Å². The molecule has 0 unspecified atom stereocenters. The van der Waals surface area contributed by atoms with E-state index >= 15 is 0 Å². The summed E-state index contributed by atoms with van der Waals surface area (Å²) in [5.74, 6) is -1.75. The lowest BCUT2D eigenvalue weighted by Gasteiger charge is -2.28. The van der Waals surface area contributed by atoms with Crippen LogP contribution in [0.3, 0.4) is 0 Å². The van der Waals surface area contributed by atoms with E-state index in [0.29, 0.717) is 33.4 Å². The summed E-state index contributed by atoms with van der Waals surface area (Å²) in [5.41, 5.74) is 2.77. The van der Waals surface area contributed by atoms with Crippen LogP contribution in [-0.2, 0) is 6.42 Å². The second-order valence-electron chi connectivity index (χ2n) is 9.02. The maximum Gasteiger partial charge on any atom is 0.171 e. The number of aromatic nitrogens is 4. The highest BCUT2D eigenvalue weighted by Crippen LogP contribution is 2.35. The van der Waals surface area contributed by atoms with Gasteiger partial charge in [0.15, 0.2) is 28.8 Å². The minimum atomic E-state index is -0.777. The summed E-state index contributed by atoms with van der Waals surface area (Å²) >= 11 is 0. The predicted octanol–water partition coefficient (Wildman–Crippen LogP) is 4.45. The number of pyridine rings is 1.